The Morgan fingerprint density at radius 3 is 2.50 bits per heavy atom. The molecule has 1 heterocycles. The fraction of sp³-hybridized carbons (Fsp3) is 0.385. The number of nitrogens with one attached hydrogen (secondary N) is 1. The fourth-order valence-electron chi connectivity index (χ4n) is 1.54. The number of benzene rings is 1. The van der Waals surface area contributed by atoms with E-state index in [1.54, 1.807) is 0 Å². The van der Waals surface area contributed by atoms with Crippen LogP contribution in [0.1, 0.15) is 32.9 Å². The van der Waals surface area contributed by atoms with Crippen LogP contribution in [-0.4, -0.2) is 4.98 Å². The van der Waals surface area contributed by atoms with Gasteiger partial charge in [-0.05, 0) is 23.9 Å². The Balaban J connectivity index is 0.000000461. The van der Waals surface area contributed by atoms with Gasteiger partial charge in [0.05, 0.1) is 0 Å². The summed E-state index contributed by atoms with van der Waals surface area (Å²) in [7, 11) is 0. The highest BCUT2D eigenvalue weighted by Crippen LogP contribution is 2.15. The molecule has 2 rings (SSSR count). The molecule has 76 valence electrons. The van der Waals surface area contributed by atoms with Crippen LogP contribution in [0.3, 0.4) is 0 Å². The summed E-state index contributed by atoms with van der Waals surface area (Å²) in [6, 6.07) is 10.6. The molecule has 1 aromatic carbocycles. The monoisotopic (exact) mass is 189 g/mol. The summed E-state index contributed by atoms with van der Waals surface area (Å²) in [5, 5.41) is 1.32. The Hall–Kier alpha value is -1.24. The van der Waals surface area contributed by atoms with Gasteiger partial charge in [-0.1, -0.05) is 45.4 Å². The summed E-state index contributed by atoms with van der Waals surface area (Å²) in [5.41, 5.74) is 2.60. The van der Waals surface area contributed by atoms with E-state index in [2.05, 4.69) is 42.2 Å². The molecule has 0 aliphatic carbocycles. The van der Waals surface area contributed by atoms with E-state index in [0.717, 1.165) is 6.42 Å². The number of hydrogen-bond donors (Lipinski definition) is 1. The van der Waals surface area contributed by atoms with Gasteiger partial charge in [0.25, 0.3) is 0 Å². The standard InChI is InChI=1S/C11H13N.C2H6/c1-2-5-10-8-9-6-3-4-7-11(9)12-10;1-2/h3-4,6-8,12H,2,5H2,1H3;1-2H3. The van der Waals surface area contributed by atoms with Gasteiger partial charge in [0.15, 0.2) is 0 Å². The fourth-order valence-corrected chi connectivity index (χ4v) is 1.54. The molecule has 0 bridgehead atoms. The van der Waals surface area contributed by atoms with Crippen LogP contribution in [0.4, 0.5) is 0 Å². The number of para-hydroxylation sites is 1. The largest absolute Gasteiger partial charge is 0.358 e. The number of fused-ring (bicyclic) bond motifs is 1. The third kappa shape index (κ3) is 2.38. The zero-order valence-electron chi connectivity index (χ0n) is 9.30. The normalized spacial score (nSPS) is 9.64. The minimum Gasteiger partial charge on any atom is -0.358 e. The number of H-pyrrole nitrogens is 1. The summed E-state index contributed by atoms with van der Waals surface area (Å²) in [4.78, 5) is 3.40. The van der Waals surface area contributed by atoms with Crippen LogP contribution >= 0.6 is 0 Å². The van der Waals surface area contributed by atoms with Crippen molar-refractivity contribution < 1.29 is 0 Å². The van der Waals surface area contributed by atoms with Crippen LogP contribution in [0.25, 0.3) is 10.9 Å². The molecule has 1 N–H and O–H groups in total. The lowest BCUT2D eigenvalue weighted by molar-refractivity contribution is 0.896. The van der Waals surface area contributed by atoms with Gasteiger partial charge in [0.2, 0.25) is 0 Å². The van der Waals surface area contributed by atoms with Gasteiger partial charge in [-0.15, -0.1) is 0 Å². The average Bonchev–Trinajstić information content (AvgIpc) is 2.63. The van der Waals surface area contributed by atoms with Crippen molar-refractivity contribution in [1.82, 2.24) is 4.98 Å². The second-order valence-corrected chi connectivity index (χ2v) is 3.13. The van der Waals surface area contributed by atoms with Gasteiger partial charge < -0.3 is 4.98 Å². The smallest absolute Gasteiger partial charge is 0.0456 e. The van der Waals surface area contributed by atoms with Crippen molar-refractivity contribution in [3.8, 4) is 0 Å². The van der Waals surface area contributed by atoms with Gasteiger partial charge in [0, 0.05) is 11.2 Å². The molecule has 2 aromatic rings. The Bertz CT molecular complexity index is 340. The number of rotatable bonds is 2. The zero-order chi connectivity index (χ0) is 10.4. The summed E-state index contributed by atoms with van der Waals surface area (Å²) in [6.07, 6.45) is 2.35. The second-order valence-electron chi connectivity index (χ2n) is 3.13. The molecular weight excluding hydrogens is 170 g/mol. The van der Waals surface area contributed by atoms with Gasteiger partial charge in [-0.3, -0.25) is 0 Å². The molecule has 0 spiro atoms. The van der Waals surface area contributed by atoms with Crippen LogP contribution in [0.5, 0.6) is 0 Å². The number of aromatic nitrogens is 1. The van der Waals surface area contributed by atoms with Crippen molar-refractivity contribution in [1.29, 1.82) is 0 Å². The third-order valence-electron chi connectivity index (χ3n) is 2.11. The van der Waals surface area contributed by atoms with Crippen molar-refractivity contribution in [2.75, 3.05) is 0 Å². The first-order chi connectivity index (χ1) is 6.90. The lowest BCUT2D eigenvalue weighted by atomic mass is 10.2. The summed E-state index contributed by atoms with van der Waals surface area (Å²) >= 11 is 0. The predicted molar refractivity (Wildman–Crippen MR) is 63.6 cm³/mol. The molecule has 0 aliphatic rings. The number of aromatic amines is 1. The third-order valence-corrected chi connectivity index (χ3v) is 2.11. The first kappa shape index (κ1) is 10.8. The maximum atomic E-state index is 3.40. The number of hydrogen-bond acceptors (Lipinski definition) is 0. The zero-order valence-corrected chi connectivity index (χ0v) is 9.30. The van der Waals surface area contributed by atoms with E-state index in [9.17, 15) is 0 Å². The highest BCUT2D eigenvalue weighted by molar-refractivity contribution is 5.80. The van der Waals surface area contributed by atoms with Crippen LogP contribution in [0.15, 0.2) is 30.3 Å². The van der Waals surface area contributed by atoms with Crippen molar-refractivity contribution in [3.63, 3.8) is 0 Å². The molecule has 0 unspecified atom stereocenters. The Morgan fingerprint density at radius 2 is 1.86 bits per heavy atom. The Labute approximate surface area is 86.2 Å². The van der Waals surface area contributed by atoms with Crippen molar-refractivity contribution >= 4 is 10.9 Å². The van der Waals surface area contributed by atoms with E-state index in [4.69, 9.17) is 0 Å². The van der Waals surface area contributed by atoms with E-state index in [1.807, 2.05) is 13.8 Å². The van der Waals surface area contributed by atoms with Crippen LogP contribution in [0.2, 0.25) is 0 Å². The highest BCUT2D eigenvalue weighted by Gasteiger charge is 1.97. The van der Waals surface area contributed by atoms with Crippen LogP contribution in [-0.2, 0) is 6.42 Å². The van der Waals surface area contributed by atoms with E-state index < -0.39 is 0 Å². The van der Waals surface area contributed by atoms with Crippen molar-refractivity contribution in [2.45, 2.75) is 33.6 Å². The quantitative estimate of drug-likeness (QED) is 0.730. The van der Waals surface area contributed by atoms with Crippen LogP contribution < -0.4 is 0 Å². The molecule has 1 nitrogen and oxygen atoms in total. The van der Waals surface area contributed by atoms with Gasteiger partial charge >= 0.3 is 0 Å². The molecule has 14 heavy (non-hydrogen) atoms. The predicted octanol–water partition coefficient (Wildman–Crippen LogP) is 4.15. The molecule has 0 saturated carbocycles. The Morgan fingerprint density at radius 1 is 1.14 bits per heavy atom. The first-order valence-corrected chi connectivity index (χ1v) is 5.47. The lowest BCUT2D eigenvalue weighted by Crippen LogP contribution is -1.79. The minimum atomic E-state index is 1.15. The van der Waals surface area contributed by atoms with Gasteiger partial charge in [-0.25, -0.2) is 0 Å². The maximum Gasteiger partial charge on any atom is 0.0456 e. The summed E-state index contributed by atoms with van der Waals surface area (Å²) in [5.74, 6) is 0. The van der Waals surface area contributed by atoms with E-state index in [-0.39, 0.29) is 0 Å². The van der Waals surface area contributed by atoms with E-state index in [0.29, 0.717) is 0 Å². The minimum absolute atomic E-state index is 1.15. The molecule has 0 atom stereocenters. The van der Waals surface area contributed by atoms with Gasteiger partial charge in [-0.2, -0.15) is 0 Å². The SMILES string of the molecule is CC.CCCc1cc2ccccc2[nH]1. The molecule has 0 fully saturated rings. The lowest BCUT2D eigenvalue weighted by Gasteiger charge is -1.88. The van der Waals surface area contributed by atoms with E-state index >= 15 is 0 Å². The average molecular weight is 189 g/mol. The Kier molecular flexibility index (Phi) is 4.24. The molecule has 1 heteroatoms. The molecule has 0 radical (unpaired) electrons. The molecule has 1 aromatic heterocycles. The number of aryl methyl sites for hydroxylation is 1. The summed E-state index contributed by atoms with van der Waals surface area (Å²) < 4.78 is 0. The van der Waals surface area contributed by atoms with Crippen molar-refractivity contribution in [2.24, 2.45) is 0 Å². The highest BCUT2D eigenvalue weighted by atomic mass is 14.7. The van der Waals surface area contributed by atoms with Gasteiger partial charge in [0.1, 0.15) is 0 Å². The van der Waals surface area contributed by atoms with Crippen molar-refractivity contribution in [3.05, 3.63) is 36.0 Å². The van der Waals surface area contributed by atoms with Crippen LogP contribution in [0, 0.1) is 0 Å². The molecule has 0 amide bonds. The molecule has 0 saturated heterocycles. The second kappa shape index (κ2) is 5.48. The molecule has 0 aliphatic heterocycles. The first-order valence-electron chi connectivity index (χ1n) is 5.47. The topological polar surface area (TPSA) is 15.8 Å². The maximum absolute atomic E-state index is 3.40. The molecular formula is C13H19N. The summed E-state index contributed by atoms with van der Waals surface area (Å²) in [6.45, 7) is 6.20. The van der Waals surface area contributed by atoms with E-state index in [1.165, 1.54) is 23.0 Å².